The van der Waals surface area contributed by atoms with Crippen LogP contribution in [0.25, 0.3) is 11.5 Å². The Kier molecular flexibility index (Phi) is 3.70. The molecule has 1 atom stereocenters. The van der Waals surface area contributed by atoms with Crippen LogP contribution in [0, 0.1) is 6.92 Å². The van der Waals surface area contributed by atoms with Gasteiger partial charge in [0.25, 0.3) is 11.8 Å². The van der Waals surface area contributed by atoms with Crippen molar-refractivity contribution >= 4 is 5.91 Å². The molecule has 2 heterocycles. The van der Waals surface area contributed by atoms with Crippen molar-refractivity contribution in [2.24, 2.45) is 5.73 Å². The summed E-state index contributed by atoms with van der Waals surface area (Å²) in [4.78, 5) is 18.7. The van der Waals surface area contributed by atoms with Gasteiger partial charge < -0.3 is 15.2 Å². The molecule has 1 aliphatic heterocycles. The number of amides is 1. The molecule has 0 saturated carbocycles. The fourth-order valence-electron chi connectivity index (χ4n) is 2.63. The quantitative estimate of drug-likeness (QED) is 0.906. The van der Waals surface area contributed by atoms with Crippen LogP contribution in [0.15, 0.2) is 28.8 Å². The summed E-state index contributed by atoms with van der Waals surface area (Å²) in [6.45, 7) is 3.08. The molecule has 6 heteroatoms. The molecule has 1 aromatic carbocycles. The smallest absolute Gasteiger partial charge is 0.258 e. The molecule has 3 rings (SSSR count). The van der Waals surface area contributed by atoms with Crippen LogP contribution >= 0.6 is 0 Å². The van der Waals surface area contributed by atoms with E-state index in [2.05, 4.69) is 10.1 Å². The van der Waals surface area contributed by atoms with E-state index in [1.807, 2.05) is 18.2 Å². The van der Waals surface area contributed by atoms with Crippen molar-refractivity contribution < 1.29 is 9.32 Å². The van der Waals surface area contributed by atoms with Crippen molar-refractivity contribution in [2.75, 3.05) is 13.1 Å². The average molecular weight is 286 g/mol. The van der Waals surface area contributed by atoms with Gasteiger partial charge in [-0.2, -0.15) is 4.98 Å². The van der Waals surface area contributed by atoms with E-state index in [0.29, 0.717) is 29.4 Å². The number of hydrogen-bond donors (Lipinski definition) is 1. The number of carbonyl (C=O) groups excluding carboxylic acids is 1. The lowest BCUT2D eigenvalue weighted by Gasteiger charge is -2.31. The number of aryl methyl sites for hydroxylation is 1. The Bertz CT molecular complexity index is 653. The van der Waals surface area contributed by atoms with E-state index in [-0.39, 0.29) is 11.9 Å². The van der Waals surface area contributed by atoms with Crippen LogP contribution in [0.5, 0.6) is 0 Å². The van der Waals surface area contributed by atoms with Crippen molar-refractivity contribution in [1.82, 2.24) is 15.0 Å². The fourth-order valence-corrected chi connectivity index (χ4v) is 2.63. The second kappa shape index (κ2) is 5.65. The first-order valence-electron chi connectivity index (χ1n) is 7.09. The van der Waals surface area contributed by atoms with Gasteiger partial charge in [-0.05, 0) is 31.9 Å². The lowest BCUT2D eigenvalue weighted by molar-refractivity contribution is 0.0709. The zero-order valence-corrected chi connectivity index (χ0v) is 12.0. The summed E-state index contributed by atoms with van der Waals surface area (Å²) in [5, 5.41) is 3.79. The number of benzene rings is 1. The zero-order chi connectivity index (χ0) is 14.8. The number of piperidine rings is 1. The third kappa shape index (κ3) is 2.80. The Morgan fingerprint density at radius 1 is 1.43 bits per heavy atom. The SMILES string of the molecule is Cc1noc(-c2ccccc2C(=O)N2CCCC(N)C2)n1. The first-order valence-corrected chi connectivity index (χ1v) is 7.09. The monoisotopic (exact) mass is 286 g/mol. The van der Waals surface area contributed by atoms with Crippen molar-refractivity contribution in [3.05, 3.63) is 35.7 Å². The summed E-state index contributed by atoms with van der Waals surface area (Å²) < 4.78 is 5.19. The number of likely N-dealkylation sites (tertiary alicyclic amines) is 1. The van der Waals surface area contributed by atoms with Gasteiger partial charge in [-0.15, -0.1) is 0 Å². The molecule has 21 heavy (non-hydrogen) atoms. The van der Waals surface area contributed by atoms with E-state index in [1.165, 1.54) is 0 Å². The molecule has 1 saturated heterocycles. The Morgan fingerprint density at radius 2 is 2.24 bits per heavy atom. The van der Waals surface area contributed by atoms with Crippen LogP contribution < -0.4 is 5.73 Å². The molecule has 1 unspecified atom stereocenters. The molecule has 6 nitrogen and oxygen atoms in total. The molecule has 2 aromatic rings. The first-order chi connectivity index (χ1) is 10.1. The van der Waals surface area contributed by atoms with Crippen LogP contribution in [0.1, 0.15) is 29.0 Å². The highest BCUT2D eigenvalue weighted by Gasteiger charge is 2.25. The third-order valence-electron chi connectivity index (χ3n) is 3.66. The maximum Gasteiger partial charge on any atom is 0.258 e. The second-order valence-electron chi connectivity index (χ2n) is 5.35. The van der Waals surface area contributed by atoms with Crippen molar-refractivity contribution in [3.8, 4) is 11.5 Å². The van der Waals surface area contributed by atoms with E-state index >= 15 is 0 Å². The molecule has 1 amide bonds. The normalized spacial score (nSPS) is 18.8. The lowest BCUT2D eigenvalue weighted by atomic mass is 10.0. The van der Waals surface area contributed by atoms with Crippen molar-refractivity contribution in [1.29, 1.82) is 0 Å². The van der Waals surface area contributed by atoms with Crippen LogP contribution in [-0.4, -0.2) is 40.1 Å². The van der Waals surface area contributed by atoms with Crippen LogP contribution in [-0.2, 0) is 0 Å². The average Bonchev–Trinajstić information content (AvgIpc) is 2.93. The molecule has 0 aliphatic carbocycles. The van der Waals surface area contributed by atoms with E-state index in [9.17, 15) is 4.79 Å². The largest absolute Gasteiger partial charge is 0.337 e. The van der Waals surface area contributed by atoms with Crippen LogP contribution in [0.2, 0.25) is 0 Å². The summed E-state index contributed by atoms with van der Waals surface area (Å²) in [5.41, 5.74) is 7.21. The molecular formula is C15H18N4O2. The number of aromatic nitrogens is 2. The zero-order valence-electron chi connectivity index (χ0n) is 12.0. The summed E-state index contributed by atoms with van der Waals surface area (Å²) >= 11 is 0. The van der Waals surface area contributed by atoms with Crippen molar-refractivity contribution in [2.45, 2.75) is 25.8 Å². The third-order valence-corrected chi connectivity index (χ3v) is 3.66. The summed E-state index contributed by atoms with van der Waals surface area (Å²) in [6, 6.07) is 7.36. The number of carbonyl (C=O) groups is 1. The molecule has 2 N–H and O–H groups in total. The Hall–Kier alpha value is -2.21. The van der Waals surface area contributed by atoms with Crippen molar-refractivity contribution in [3.63, 3.8) is 0 Å². The molecule has 1 fully saturated rings. The van der Waals surface area contributed by atoms with Gasteiger partial charge >= 0.3 is 0 Å². The van der Waals surface area contributed by atoms with Gasteiger partial charge in [0, 0.05) is 19.1 Å². The van der Waals surface area contributed by atoms with Gasteiger partial charge in [0.2, 0.25) is 0 Å². The Balaban J connectivity index is 1.93. The van der Waals surface area contributed by atoms with Gasteiger partial charge in [0.1, 0.15) is 0 Å². The summed E-state index contributed by atoms with van der Waals surface area (Å²) in [6.07, 6.45) is 1.91. The predicted octanol–water partition coefficient (Wildman–Crippen LogP) is 1.61. The minimum Gasteiger partial charge on any atom is -0.337 e. The first kappa shape index (κ1) is 13.8. The Labute approximate surface area is 122 Å². The van der Waals surface area contributed by atoms with E-state index in [4.69, 9.17) is 10.3 Å². The maximum atomic E-state index is 12.7. The number of hydrogen-bond acceptors (Lipinski definition) is 5. The summed E-state index contributed by atoms with van der Waals surface area (Å²) in [7, 11) is 0. The molecule has 0 spiro atoms. The molecule has 0 radical (unpaired) electrons. The van der Waals surface area contributed by atoms with E-state index in [0.717, 1.165) is 19.4 Å². The fraction of sp³-hybridized carbons (Fsp3) is 0.400. The molecular weight excluding hydrogens is 268 g/mol. The van der Waals surface area contributed by atoms with Crippen LogP contribution in [0.3, 0.4) is 0 Å². The molecule has 1 aromatic heterocycles. The molecule has 110 valence electrons. The van der Waals surface area contributed by atoms with E-state index < -0.39 is 0 Å². The molecule has 1 aliphatic rings. The predicted molar refractivity (Wildman–Crippen MR) is 77.6 cm³/mol. The number of nitrogens with two attached hydrogens (primary N) is 1. The van der Waals surface area contributed by atoms with Gasteiger partial charge in [-0.3, -0.25) is 4.79 Å². The van der Waals surface area contributed by atoms with Gasteiger partial charge in [0.15, 0.2) is 5.82 Å². The lowest BCUT2D eigenvalue weighted by Crippen LogP contribution is -2.45. The standard InChI is InChI=1S/C15H18N4O2/c1-10-17-14(21-18-10)12-6-2-3-7-13(12)15(20)19-8-4-5-11(16)9-19/h2-3,6-7,11H,4-5,8-9,16H2,1H3. The Morgan fingerprint density at radius 3 is 2.95 bits per heavy atom. The minimum absolute atomic E-state index is 0.0309. The summed E-state index contributed by atoms with van der Waals surface area (Å²) in [5.74, 6) is 0.890. The van der Waals surface area contributed by atoms with Gasteiger partial charge in [-0.1, -0.05) is 17.3 Å². The second-order valence-corrected chi connectivity index (χ2v) is 5.35. The number of nitrogens with zero attached hydrogens (tertiary/aromatic N) is 3. The number of rotatable bonds is 2. The minimum atomic E-state index is -0.0309. The highest BCUT2D eigenvalue weighted by molar-refractivity contribution is 6.00. The maximum absolute atomic E-state index is 12.7. The van der Waals surface area contributed by atoms with Gasteiger partial charge in [-0.25, -0.2) is 0 Å². The molecule has 0 bridgehead atoms. The van der Waals surface area contributed by atoms with Gasteiger partial charge in [0.05, 0.1) is 11.1 Å². The topological polar surface area (TPSA) is 85.2 Å². The van der Waals surface area contributed by atoms with E-state index in [1.54, 1.807) is 17.9 Å². The highest BCUT2D eigenvalue weighted by atomic mass is 16.5. The van der Waals surface area contributed by atoms with Crippen LogP contribution in [0.4, 0.5) is 0 Å². The highest BCUT2D eigenvalue weighted by Crippen LogP contribution is 2.24.